The number of esters is 1. The number of hydrogen-bond donors (Lipinski definition) is 2. The zero-order valence-electron chi connectivity index (χ0n) is 12.2. The van der Waals surface area contributed by atoms with Crippen molar-refractivity contribution in [1.29, 1.82) is 0 Å². The van der Waals surface area contributed by atoms with E-state index in [1.165, 1.54) is 11.3 Å². The van der Waals surface area contributed by atoms with Gasteiger partial charge in [0.2, 0.25) is 0 Å². The summed E-state index contributed by atoms with van der Waals surface area (Å²) >= 11 is 1.27. The van der Waals surface area contributed by atoms with Crippen LogP contribution in [0.3, 0.4) is 0 Å². The molecule has 0 saturated heterocycles. The van der Waals surface area contributed by atoms with Crippen LogP contribution in [0.15, 0.2) is 35.7 Å². The van der Waals surface area contributed by atoms with E-state index in [0.717, 1.165) is 5.56 Å². The van der Waals surface area contributed by atoms with Gasteiger partial charge in [-0.3, -0.25) is 10.1 Å². The Morgan fingerprint density at radius 1 is 1.27 bits per heavy atom. The van der Waals surface area contributed by atoms with E-state index in [2.05, 4.69) is 15.6 Å². The minimum Gasteiger partial charge on any atom is -0.466 e. The summed E-state index contributed by atoms with van der Waals surface area (Å²) in [4.78, 5) is 27.3. The highest BCUT2D eigenvalue weighted by Gasteiger charge is 2.10. The predicted octanol–water partition coefficient (Wildman–Crippen LogP) is 2.57. The normalized spacial score (nSPS) is 10.0. The van der Waals surface area contributed by atoms with Gasteiger partial charge in [-0.25, -0.2) is 9.78 Å². The van der Waals surface area contributed by atoms with Crippen LogP contribution in [0.1, 0.15) is 18.2 Å². The van der Waals surface area contributed by atoms with Crippen molar-refractivity contribution in [3.8, 4) is 0 Å². The highest BCUT2D eigenvalue weighted by molar-refractivity contribution is 7.13. The molecule has 1 aromatic heterocycles. The van der Waals surface area contributed by atoms with Crippen molar-refractivity contribution in [2.24, 2.45) is 0 Å². The summed E-state index contributed by atoms with van der Waals surface area (Å²) in [5.74, 6) is -0.326. The number of anilines is 1. The van der Waals surface area contributed by atoms with E-state index in [4.69, 9.17) is 4.74 Å². The lowest BCUT2D eigenvalue weighted by Crippen LogP contribution is -2.28. The van der Waals surface area contributed by atoms with Gasteiger partial charge in [0, 0.05) is 11.9 Å². The number of rotatable bonds is 6. The minimum atomic E-state index is -0.333. The van der Waals surface area contributed by atoms with Crippen molar-refractivity contribution in [1.82, 2.24) is 10.3 Å². The molecule has 2 amide bonds. The number of nitrogens with zero attached hydrogens (tertiary/aromatic N) is 1. The van der Waals surface area contributed by atoms with Crippen LogP contribution in [0.2, 0.25) is 0 Å². The Balaban J connectivity index is 1.79. The van der Waals surface area contributed by atoms with Gasteiger partial charge in [0.05, 0.1) is 18.7 Å². The first-order valence-electron chi connectivity index (χ1n) is 6.86. The molecule has 0 atom stereocenters. The van der Waals surface area contributed by atoms with Crippen LogP contribution in [-0.4, -0.2) is 23.6 Å². The number of amides is 2. The molecule has 0 aliphatic rings. The number of nitrogens with one attached hydrogen (secondary N) is 2. The van der Waals surface area contributed by atoms with Gasteiger partial charge >= 0.3 is 12.0 Å². The summed E-state index contributed by atoms with van der Waals surface area (Å²) in [6.07, 6.45) is 0.109. The van der Waals surface area contributed by atoms with Crippen molar-refractivity contribution in [2.45, 2.75) is 19.9 Å². The molecule has 0 unspecified atom stereocenters. The second-order valence-corrected chi connectivity index (χ2v) is 5.28. The number of aromatic nitrogens is 1. The minimum absolute atomic E-state index is 0.109. The van der Waals surface area contributed by atoms with Crippen LogP contribution in [0.4, 0.5) is 9.93 Å². The van der Waals surface area contributed by atoms with Crippen molar-refractivity contribution >= 4 is 28.5 Å². The Kier molecular flexibility index (Phi) is 5.91. The third-order valence-corrected chi connectivity index (χ3v) is 3.51. The largest absolute Gasteiger partial charge is 0.466 e. The van der Waals surface area contributed by atoms with Crippen molar-refractivity contribution in [3.05, 3.63) is 47.0 Å². The molecule has 116 valence electrons. The van der Waals surface area contributed by atoms with Crippen LogP contribution in [0, 0.1) is 0 Å². The van der Waals surface area contributed by atoms with E-state index >= 15 is 0 Å². The third kappa shape index (κ3) is 5.17. The molecule has 0 radical (unpaired) electrons. The van der Waals surface area contributed by atoms with E-state index in [-0.39, 0.29) is 18.4 Å². The number of benzene rings is 1. The Bertz CT molecular complexity index is 628. The van der Waals surface area contributed by atoms with Crippen LogP contribution >= 0.6 is 11.3 Å². The molecular weight excluding hydrogens is 302 g/mol. The number of carbonyl (C=O) groups excluding carboxylic acids is 2. The fourth-order valence-corrected chi connectivity index (χ4v) is 2.43. The molecule has 1 aromatic carbocycles. The van der Waals surface area contributed by atoms with Gasteiger partial charge in [-0.05, 0) is 12.5 Å². The summed E-state index contributed by atoms with van der Waals surface area (Å²) in [5.41, 5.74) is 1.60. The maximum atomic E-state index is 11.8. The average Bonchev–Trinajstić information content (AvgIpc) is 2.93. The summed E-state index contributed by atoms with van der Waals surface area (Å²) in [5, 5.41) is 7.56. The second kappa shape index (κ2) is 8.14. The van der Waals surface area contributed by atoms with Crippen molar-refractivity contribution in [3.63, 3.8) is 0 Å². The lowest BCUT2D eigenvalue weighted by atomic mass is 10.2. The number of thiazole rings is 1. The standard InChI is InChI=1S/C15H17N3O3S/c1-2-21-13(19)8-12-10-22-15(17-12)18-14(20)16-9-11-6-4-3-5-7-11/h3-7,10H,2,8-9H2,1H3,(H2,16,17,18,20). The Labute approximate surface area is 132 Å². The Hall–Kier alpha value is -2.41. The molecular formula is C15H17N3O3S. The molecule has 2 rings (SSSR count). The molecule has 7 heteroatoms. The van der Waals surface area contributed by atoms with Gasteiger partial charge in [-0.2, -0.15) is 0 Å². The van der Waals surface area contributed by atoms with Gasteiger partial charge in [0.1, 0.15) is 0 Å². The van der Waals surface area contributed by atoms with Gasteiger partial charge in [0.25, 0.3) is 0 Å². The first-order chi connectivity index (χ1) is 10.7. The topological polar surface area (TPSA) is 80.3 Å². The summed E-state index contributed by atoms with van der Waals surface area (Å²) < 4.78 is 4.85. The fraction of sp³-hybridized carbons (Fsp3) is 0.267. The molecule has 0 spiro atoms. The number of hydrogen-bond acceptors (Lipinski definition) is 5. The maximum Gasteiger partial charge on any atom is 0.321 e. The van der Waals surface area contributed by atoms with Crippen molar-refractivity contribution < 1.29 is 14.3 Å². The quantitative estimate of drug-likeness (QED) is 0.802. The van der Waals surface area contributed by atoms with Gasteiger partial charge < -0.3 is 10.1 Å². The van der Waals surface area contributed by atoms with E-state index < -0.39 is 0 Å². The number of carbonyl (C=O) groups is 2. The molecule has 0 bridgehead atoms. The van der Waals surface area contributed by atoms with Gasteiger partial charge in [-0.1, -0.05) is 30.3 Å². The third-order valence-electron chi connectivity index (χ3n) is 2.70. The van der Waals surface area contributed by atoms with Crippen LogP contribution in [0.25, 0.3) is 0 Å². The second-order valence-electron chi connectivity index (χ2n) is 4.42. The highest BCUT2D eigenvalue weighted by atomic mass is 32.1. The first-order valence-corrected chi connectivity index (χ1v) is 7.74. The Morgan fingerprint density at radius 3 is 2.77 bits per heavy atom. The lowest BCUT2D eigenvalue weighted by molar-refractivity contribution is -0.142. The zero-order valence-corrected chi connectivity index (χ0v) is 13.0. The fourth-order valence-electron chi connectivity index (χ4n) is 1.72. The van der Waals surface area contributed by atoms with Gasteiger partial charge in [-0.15, -0.1) is 11.3 Å². The number of urea groups is 1. The smallest absolute Gasteiger partial charge is 0.321 e. The SMILES string of the molecule is CCOC(=O)Cc1csc(NC(=O)NCc2ccccc2)n1. The maximum absolute atomic E-state index is 11.8. The molecule has 2 N–H and O–H groups in total. The van der Waals surface area contributed by atoms with E-state index in [1.54, 1.807) is 12.3 Å². The average molecular weight is 319 g/mol. The molecule has 0 fully saturated rings. The van der Waals surface area contributed by atoms with Crippen LogP contribution in [-0.2, 0) is 22.5 Å². The molecule has 1 heterocycles. The highest BCUT2D eigenvalue weighted by Crippen LogP contribution is 2.16. The van der Waals surface area contributed by atoms with Crippen molar-refractivity contribution in [2.75, 3.05) is 11.9 Å². The summed E-state index contributed by atoms with van der Waals surface area (Å²) in [6.45, 7) is 2.53. The molecule has 6 nitrogen and oxygen atoms in total. The Morgan fingerprint density at radius 2 is 2.05 bits per heavy atom. The molecule has 2 aromatic rings. The lowest BCUT2D eigenvalue weighted by Gasteiger charge is -2.05. The van der Waals surface area contributed by atoms with Crippen LogP contribution in [0.5, 0.6) is 0 Å². The molecule has 0 aliphatic carbocycles. The van der Waals surface area contributed by atoms with Crippen LogP contribution < -0.4 is 10.6 Å². The molecule has 22 heavy (non-hydrogen) atoms. The summed E-state index contributed by atoms with van der Waals surface area (Å²) in [7, 11) is 0. The van der Waals surface area contributed by atoms with Gasteiger partial charge in [0.15, 0.2) is 5.13 Å². The monoisotopic (exact) mass is 319 g/mol. The number of ether oxygens (including phenoxy) is 1. The van der Waals surface area contributed by atoms with E-state index in [1.807, 2.05) is 30.3 Å². The first kappa shape index (κ1) is 16.0. The summed E-state index contributed by atoms with van der Waals surface area (Å²) in [6, 6.07) is 9.28. The zero-order chi connectivity index (χ0) is 15.8. The molecule has 0 saturated carbocycles. The van der Waals surface area contributed by atoms with E-state index in [9.17, 15) is 9.59 Å². The van der Waals surface area contributed by atoms with E-state index in [0.29, 0.717) is 24.0 Å². The molecule has 0 aliphatic heterocycles. The predicted molar refractivity (Wildman–Crippen MR) is 84.8 cm³/mol.